The number of ether oxygens (including phenoxy) is 1. The Kier molecular flexibility index (Phi) is 4.19. The molecule has 1 aromatic carbocycles. The first-order valence-electron chi connectivity index (χ1n) is 5.91. The maximum absolute atomic E-state index is 9.14. The molecule has 0 radical (unpaired) electrons. The number of nitrogens with one attached hydrogen (secondary N) is 1. The van der Waals surface area contributed by atoms with Gasteiger partial charge in [-0.1, -0.05) is 12.1 Å². The largest absolute Gasteiger partial charge is 0.508 e. The van der Waals surface area contributed by atoms with Crippen LogP contribution in [0.4, 0.5) is 0 Å². The van der Waals surface area contributed by atoms with Crippen molar-refractivity contribution in [3.8, 4) is 5.75 Å². The second-order valence-electron chi connectivity index (χ2n) is 4.35. The van der Waals surface area contributed by atoms with Gasteiger partial charge in [-0.2, -0.15) is 0 Å². The van der Waals surface area contributed by atoms with E-state index in [-0.39, 0.29) is 0 Å². The van der Waals surface area contributed by atoms with Crippen LogP contribution in [-0.2, 0) is 11.2 Å². The van der Waals surface area contributed by atoms with Crippen LogP contribution in [0.3, 0.4) is 0 Å². The average molecular weight is 221 g/mol. The summed E-state index contributed by atoms with van der Waals surface area (Å²) in [5.74, 6) is 1.03. The van der Waals surface area contributed by atoms with Gasteiger partial charge < -0.3 is 15.2 Å². The van der Waals surface area contributed by atoms with E-state index >= 15 is 0 Å². The zero-order valence-electron chi connectivity index (χ0n) is 9.48. The normalized spacial score (nSPS) is 20.1. The van der Waals surface area contributed by atoms with Gasteiger partial charge in [0.15, 0.2) is 0 Å². The van der Waals surface area contributed by atoms with Gasteiger partial charge in [-0.3, -0.25) is 0 Å². The molecule has 0 bridgehead atoms. The van der Waals surface area contributed by atoms with Crippen molar-refractivity contribution < 1.29 is 9.84 Å². The van der Waals surface area contributed by atoms with Crippen molar-refractivity contribution in [3.05, 3.63) is 29.8 Å². The lowest BCUT2D eigenvalue weighted by Crippen LogP contribution is -2.25. The summed E-state index contributed by atoms with van der Waals surface area (Å²) in [6.45, 7) is 3.87. The summed E-state index contributed by atoms with van der Waals surface area (Å²) in [6.07, 6.45) is 2.19. The molecular weight excluding hydrogens is 202 g/mol. The minimum absolute atomic E-state index is 0.333. The van der Waals surface area contributed by atoms with Crippen molar-refractivity contribution >= 4 is 0 Å². The van der Waals surface area contributed by atoms with Crippen LogP contribution in [0.5, 0.6) is 5.75 Å². The Bertz CT molecular complexity index is 304. The van der Waals surface area contributed by atoms with Crippen molar-refractivity contribution in [2.24, 2.45) is 5.92 Å². The minimum Gasteiger partial charge on any atom is -0.508 e. The smallest absolute Gasteiger partial charge is 0.115 e. The van der Waals surface area contributed by atoms with Crippen molar-refractivity contribution in [2.75, 3.05) is 26.3 Å². The van der Waals surface area contributed by atoms with Crippen LogP contribution in [0.1, 0.15) is 12.0 Å². The first-order valence-corrected chi connectivity index (χ1v) is 5.91. The molecule has 1 fully saturated rings. The Balaban J connectivity index is 1.62. The van der Waals surface area contributed by atoms with E-state index in [1.165, 1.54) is 12.0 Å². The fourth-order valence-corrected chi connectivity index (χ4v) is 1.95. The number of benzene rings is 1. The van der Waals surface area contributed by atoms with Gasteiger partial charge in [0.25, 0.3) is 0 Å². The van der Waals surface area contributed by atoms with Crippen LogP contribution in [0, 0.1) is 5.92 Å². The predicted octanol–water partition coefficient (Wildman–Crippen LogP) is 1.56. The molecule has 1 saturated heterocycles. The Morgan fingerprint density at radius 1 is 1.31 bits per heavy atom. The molecule has 1 atom stereocenters. The average Bonchev–Trinajstić information content (AvgIpc) is 2.80. The molecule has 16 heavy (non-hydrogen) atoms. The molecule has 0 spiro atoms. The van der Waals surface area contributed by atoms with Gasteiger partial charge >= 0.3 is 0 Å². The van der Waals surface area contributed by atoms with Crippen LogP contribution < -0.4 is 5.32 Å². The lowest BCUT2D eigenvalue weighted by molar-refractivity contribution is 0.185. The van der Waals surface area contributed by atoms with Crippen molar-refractivity contribution in [2.45, 2.75) is 12.8 Å². The molecule has 0 aliphatic carbocycles. The topological polar surface area (TPSA) is 41.5 Å². The van der Waals surface area contributed by atoms with Crippen LogP contribution >= 0.6 is 0 Å². The van der Waals surface area contributed by atoms with Crippen molar-refractivity contribution in [1.29, 1.82) is 0 Å². The quantitative estimate of drug-likeness (QED) is 0.741. The predicted molar refractivity (Wildman–Crippen MR) is 63.6 cm³/mol. The number of phenols is 1. The second kappa shape index (κ2) is 5.87. The Morgan fingerprint density at radius 2 is 2.12 bits per heavy atom. The zero-order valence-corrected chi connectivity index (χ0v) is 9.48. The summed E-state index contributed by atoms with van der Waals surface area (Å²) >= 11 is 0. The fourth-order valence-electron chi connectivity index (χ4n) is 1.95. The summed E-state index contributed by atoms with van der Waals surface area (Å²) in [5, 5.41) is 12.6. The van der Waals surface area contributed by atoms with E-state index < -0.39 is 0 Å². The van der Waals surface area contributed by atoms with Gasteiger partial charge in [-0.05, 0) is 43.0 Å². The number of hydrogen-bond acceptors (Lipinski definition) is 3. The molecule has 1 aromatic rings. The summed E-state index contributed by atoms with van der Waals surface area (Å²) in [7, 11) is 0. The van der Waals surface area contributed by atoms with Gasteiger partial charge in [0, 0.05) is 13.2 Å². The molecule has 1 unspecified atom stereocenters. The zero-order chi connectivity index (χ0) is 11.2. The highest BCUT2D eigenvalue weighted by atomic mass is 16.5. The molecule has 0 saturated carbocycles. The van der Waals surface area contributed by atoms with Crippen molar-refractivity contribution in [1.82, 2.24) is 5.32 Å². The van der Waals surface area contributed by atoms with E-state index in [1.807, 2.05) is 12.1 Å². The molecule has 0 amide bonds. The molecule has 1 heterocycles. The van der Waals surface area contributed by atoms with Crippen LogP contribution in [0.15, 0.2) is 24.3 Å². The van der Waals surface area contributed by atoms with Gasteiger partial charge in [-0.25, -0.2) is 0 Å². The standard InChI is InChI=1S/C13H19NO2/c15-13-3-1-11(2-4-13)5-7-14-9-12-6-8-16-10-12/h1-4,12,14-15H,5-10H2. The Labute approximate surface area is 96.4 Å². The summed E-state index contributed by atoms with van der Waals surface area (Å²) < 4.78 is 5.32. The van der Waals surface area contributed by atoms with Crippen LogP contribution in [-0.4, -0.2) is 31.4 Å². The van der Waals surface area contributed by atoms with Crippen LogP contribution in [0.25, 0.3) is 0 Å². The third kappa shape index (κ3) is 3.51. The van der Waals surface area contributed by atoms with E-state index in [9.17, 15) is 0 Å². The third-order valence-electron chi connectivity index (χ3n) is 2.98. The van der Waals surface area contributed by atoms with E-state index in [1.54, 1.807) is 12.1 Å². The monoisotopic (exact) mass is 221 g/mol. The summed E-state index contributed by atoms with van der Waals surface area (Å²) in [6, 6.07) is 7.41. The Hall–Kier alpha value is -1.06. The third-order valence-corrected chi connectivity index (χ3v) is 2.98. The Morgan fingerprint density at radius 3 is 2.81 bits per heavy atom. The highest BCUT2D eigenvalue weighted by molar-refractivity contribution is 5.25. The second-order valence-corrected chi connectivity index (χ2v) is 4.35. The van der Waals surface area contributed by atoms with Crippen LogP contribution in [0.2, 0.25) is 0 Å². The molecule has 0 aromatic heterocycles. The number of phenolic OH excluding ortho intramolecular Hbond substituents is 1. The van der Waals surface area contributed by atoms with Gasteiger partial charge in [0.2, 0.25) is 0 Å². The number of hydrogen-bond donors (Lipinski definition) is 2. The van der Waals surface area contributed by atoms with Gasteiger partial charge in [0.1, 0.15) is 5.75 Å². The van der Waals surface area contributed by atoms with E-state index in [0.29, 0.717) is 11.7 Å². The summed E-state index contributed by atoms with van der Waals surface area (Å²) in [5.41, 5.74) is 1.26. The number of aromatic hydroxyl groups is 1. The maximum atomic E-state index is 9.14. The van der Waals surface area contributed by atoms with Crippen molar-refractivity contribution in [3.63, 3.8) is 0 Å². The van der Waals surface area contributed by atoms with E-state index in [2.05, 4.69) is 5.32 Å². The molecule has 2 rings (SSSR count). The lowest BCUT2D eigenvalue weighted by Gasteiger charge is -2.09. The first-order chi connectivity index (χ1) is 7.84. The molecule has 1 aliphatic rings. The van der Waals surface area contributed by atoms with E-state index in [0.717, 1.165) is 32.7 Å². The minimum atomic E-state index is 0.333. The lowest BCUT2D eigenvalue weighted by atomic mass is 10.1. The molecule has 1 aliphatic heterocycles. The highest BCUT2D eigenvalue weighted by Gasteiger charge is 2.14. The SMILES string of the molecule is Oc1ccc(CCNCC2CCOC2)cc1. The summed E-state index contributed by atoms with van der Waals surface area (Å²) in [4.78, 5) is 0. The van der Waals surface area contributed by atoms with Gasteiger partial charge in [-0.15, -0.1) is 0 Å². The molecule has 2 N–H and O–H groups in total. The first kappa shape index (κ1) is 11.4. The molecule has 88 valence electrons. The molecular formula is C13H19NO2. The molecule has 3 nitrogen and oxygen atoms in total. The van der Waals surface area contributed by atoms with E-state index in [4.69, 9.17) is 9.84 Å². The maximum Gasteiger partial charge on any atom is 0.115 e. The molecule has 3 heteroatoms. The van der Waals surface area contributed by atoms with Gasteiger partial charge in [0.05, 0.1) is 6.61 Å². The highest BCUT2D eigenvalue weighted by Crippen LogP contribution is 2.11. The fraction of sp³-hybridized carbons (Fsp3) is 0.538. The number of rotatable bonds is 5.